The average molecular weight is 361 g/mol. The number of aryl methyl sites for hydroxylation is 3. The van der Waals surface area contributed by atoms with Gasteiger partial charge >= 0.3 is 0 Å². The van der Waals surface area contributed by atoms with Gasteiger partial charge in [0.25, 0.3) is 0 Å². The summed E-state index contributed by atoms with van der Waals surface area (Å²) in [5.41, 5.74) is 1.99. The van der Waals surface area contributed by atoms with Crippen LogP contribution in [0.2, 0.25) is 0 Å². The maximum Gasteiger partial charge on any atom is 0.240 e. The number of para-hydroxylation sites is 1. The van der Waals surface area contributed by atoms with Crippen molar-refractivity contribution in [3.63, 3.8) is 0 Å². The number of ether oxygens (including phenoxy) is 1. The highest BCUT2D eigenvalue weighted by atomic mass is 32.2. The van der Waals surface area contributed by atoms with Crippen LogP contribution in [-0.2, 0) is 15.6 Å². The van der Waals surface area contributed by atoms with E-state index in [1.54, 1.807) is 31.2 Å². The topological polar surface area (TPSA) is 75.6 Å². The molecule has 1 aliphatic heterocycles. The number of rotatable bonds is 4. The van der Waals surface area contributed by atoms with E-state index in [9.17, 15) is 13.5 Å². The molecule has 1 heterocycles. The molecule has 0 aliphatic carbocycles. The van der Waals surface area contributed by atoms with E-state index in [1.165, 1.54) is 0 Å². The monoisotopic (exact) mass is 361 g/mol. The molecule has 2 N–H and O–H groups in total. The standard InChI is InChI=1S/C19H23NO4S/c1-13-10-15(3)18(11-14(13)2)25(22,23)20-12-19(21)8-9-24-17-7-5-4-6-16(17)19/h4-7,10-11,20-21H,8-9,12H2,1-3H3. The molecular formula is C19H23NO4S. The van der Waals surface area contributed by atoms with Crippen LogP contribution >= 0.6 is 0 Å². The molecular weight excluding hydrogens is 338 g/mol. The van der Waals surface area contributed by atoms with Crippen molar-refractivity contribution < 1.29 is 18.3 Å². The van der Waals surface area contributed by atoms with E-state index >= 15 is 0 Å². The van der Waals surface area contributed by atoms with Crippen LogP contribution in [0.3, 0.4) is 0 Å². The van der Waals surface area contributed by atoms with Crippen molar-refractivity contribution >= 4 is 10.0 Å². The van der Waals surface area contributed by atoms with Gasteiger partial charge in [-0.3, -0.25) is 0 Å². The minimum Gasteiger partial charge on any atom is -0.493 e. The summed E-state index contributed by atoms with van der Waals surface area (Å²) < 4.78 is 33.6. The molecule has 0 amide bonds. The number of hydrogen-bond donors (Lipinski definition) is 2. The number of fused-ring (bicyclic) bond motifs is 1. The highest BCUT2D eigenvalue weighted by Gasteiger charge is 2.36. The number of nitrogens with one attached hydrogen (secondary N) is 1. The van der Waals surface area contributed by atoms with E-state index in [0.717, 1.165) is 11.1 Å². The second-order valence-corrected chi connectivity index (χ2v) is 8.39. The van der Waals surface area contributed by atoms with Gasteiger partial charge in [0.1, 0.15) is 11.4 Å². The van der Waals surface area contributed by atoms with Gasteiger partial charge < -0.3 is 9.84 Å². The molecule has 0 saturated heterocycles. The van der Waals surface area contributed by atoms with Crippen molar-refractivity contribution in [2.45, 2.75) is 37.7 Å². The van der Waals surface area contributed by atoms with Gasteiger partial charge in [-0.15, -0.1) is 0 Å². The van der Waals surface area contributed by atoms with Crippen LogP contribution < -0.4 is 9.46 Å². The Morgan fingerprint density at radius 2 is 1.80 bits per heavy atom. The Morgan fingerprint density at radius 3 is 2.56 bits per heavy atom. The van der Waals surface area contributed by atoms with Crippen LogP contribution in [0.15, 0.2) is 41.3 Å². The Kier molecular flexibility index (Phi) is 4.62. The van der Waals surface area contributed by atoms with Gasteiger partial charge in [-0.05, 0) is 49.6 Å². The fourth-order valence-electron chi connectivity index (χ4n) is 3.14. The Morgan fingerprint density at radius 1 is 1.12 bits per heavy atom. The van der Waals surface area contributed by atoms with Gasteiger partial charge in [-0.1, -0.05) is 24.3 Å². The third-order valence-corrected chi connectivity index (χ3v) is 6.34. The summed E-state index contributed by atoms with van der Waals surface area (Å²) in [7, 11) is -3.72. The lowest BCUT2D eigenvalue weighted by Gasteiger charge is -2.34. The van der Waals surface area contributed by atoms with Crippen molar-refractivity contribution in [3.8, 4) is 5.75 Å². The second-order valence-electron chi connectivity index (χ2n) is 6.65. The minimum atomic E-state index is -3.72. The quantitative estimate of drug-likeness (QED) is 0.878. The molecule has 0 aromatic heterocycles. The van der Waals surface area contributed by atoms with Gasteiger partial charge in [-0.2, -0.15) is 0 Å². The summed E-state index contributed by atoms with van der Waals surface area (Å²) in [6.45, 7) is 5.86. The van der Waals surface area contributed by atoms with Crippen molar-refractivity contribution in [2.24, 2.45) is 0 Å². The molecule has 5 nitrogen and oxygen atoms in total. The molecule has 3 rings (SSSR count). The molecule has 1 unspecified atom stereocenters. The Labute approximate surface area is 148 Å². The number of aliphatic hydroxyl groups is 1. The SMILES string of the molecule is Cc1cc(C)c(S(=O)(=O)NCC2(O)CCOc3ccccc32)cc1C. The molecule has 25 heavy (non-hydrogen) atoms. The largest absolute Gasteiger partial charge is 0.493 e. The first-order valence-electron chi connectivity index (χ1n) is 8.25. The lowest BCUT2D eigenvalue weighted by Crippen LogP contribution is -2.44. The Bertz CT molecular complexity index is 908. The first kappa shape index (κ1) is 17.9. The lowest BCUT2D eigenvalue weighted by molar-refractivity contribution is 0.00219. The summed E-state index contributed by atoms with van der Waals surface area (Å²) in [6.07, 6.45) is 0.332. The number of benzene rings is 2. The molecule has 0 spiro atoms. The van der Waals surface area contributed by atoms with E-state index in [-0.39, 0.29) is 11.4 Å². The van der Waals surface area contributed by atoms with E-state index < -0.39 is 15.6 Å². The number of sulfonamides is 1. The predicted molar refractivity (Wildman–Crippen MR) is 96.3 cm³/mol. The molecule has 134 valence electrons. The molecule has 2 aromatic rings. The summed E-state index contributed by atoms with van der Waals surface area (Å²) >= 11 is 0. The van der Waals surface area contributed by atoms with Crippen LogP contribution in [0.5, 0.6) is 5.75 Å². The van der Waals surface area contributed by atoms with Gasteiger partial charge in [0.2, 0.25) is 10.0 Å². The molecule has 1 aliphatic rings. The summed E-state index contributed by atoms with van der Waals surface area (Å²) in [6, 6.07) is 10.7. The minimum absolute atomic E-state index is 0.0952. The van der Waals surface area contributed by atoms with Crippen LogP contribution in [0.1, 0.15) is 28.7 Å². The van der Waals surface area contributed by atoms with E-state index in [4.69, 9.17) is 4.74 Å². The van der Waals surface area contributed by atoms with Gasteiger partial charge in [0.15, 0.2) is 0 Å². The number of hydrogen-bond acceptors (Lipinski definition) is 4. The van der Waals surface area contributed by atoms with Gasteiger partial charge in [-0.25, -0.2) is 13.1 Å². The van der Waals surface area contributed by atoms with Crippen molar-refractivity contribution in [1.82, 2.24) is 4.72 Å². The summed E-state index contributed by atoms with van der Waals surface area (Å²) in [5.74, 6) is 0.595. The Hall–Kier alpha value is -1.89. The van der Waals surface area contributed by atoms with Gasteiger partial charge in [0.05, 0.1) is 11.5 Å². The molecule has 2 aromatic carbocycles. The van der Waals surface area contributed by atoms with E-state index in [2.05, 4.69) is 4.72 Å². The average Bonchev–Trinajstić information content (AvgIpc) is 2.57. The molecule has 0 fully saturated rings. The summed E-state index contributed by atoms with van der Waals surface area (Å²) in [4.78, 5) is 0.250. The lowest BCUT2D eigenvalue weighted by atomic mass is 9.88. The fourth-order valence-corrected chi connectivity index (χ4v) is 4.54. The zero-order chi connectivity index (χ0) is 18.2. The fraction of sp³-hybridized carbons (Fsp3) is 0.368. The molecule has 0 bridgehead atoms. The van der Waals surface area contributed by atoms with Crippen molar-refractivity contribution in [2.75, 3.05) is 13.2 Å². The van der Waals surface area contributed by atoms with Crippen molar-refractivity contribution in [1.29, 1.82) is 0 Å². The normalized spacial score (nSPS) is 20.0. The summed E-state index contributed by atoms with van der Waals surface area (Å²) in [5, 5.41) is 11.0. The molecule has 0 saturated carbocycles. The maximum absolute atomic E-state index is 12.8. The second kappa shape index (κ2) is 6.44. The smallest absolute Gasteiger partial charge is 0.240 e. The van der Waals surface area contributed by atoms with E-state index in [1.807, 2.05) is 26.0 Å². The van der Waals surface area contributed by atoms with Crippen LogP contribution in [0.4, 0.5) is 0 Å². The zero-order valence-electron chi connectivity index (χ0n) is 14.7. The third-order valence-electron chi connectivity index (χ3n) is 4.80. The van der Waals surface area contributed by atoms with Crippen molar-refractivity contribution in [3.05, 3.63) is 58.7 Å². The first-order chi connectivity index (χ1) is 11.7. The van der Waals surface area contributed by atoms with Crippen LogP contribution in [0, 0.1) is 20.8 Å². The highest BCUT2D eigenvalue weighted by Crippen LogP contribution is 2.36. The van der Waals surface area contributed by atoms with Crippen LogP contribution in [-0.4, -0.2) is 26.7 Å². The molecule has 1 atom stereocenters. The molecule has 6 heteroatoms. The predicted octanol–water partition coefficient (Wildman–Crippen LogP) is 2.56. The van der Waals surface area contributed by atoms with Gasteiger partial charge in [0, 0.05) is 18.5 Å². The third kappa shape index (κ3) is 3.42. The van der Waals surface area contributed by atoms with E-state index in [0.29, 0.717) is 29.9 Å². The Balaban J connectivity index is 1.88. The highest BCUT2D eigenvalue weighted by molar-refractivity contribution is 7.89. The first-order valence-corrected chi connectivity index (χ1v) is 9.73. The van der Waals surface area contributed by atoms with Crippen LogP contribution in [0.25, 0.3) is 0 Å². The zero-order valence-corrected chi connectivity index (χ0v) is 15.5. The maximum atomic E-state index is 12.8. The molecule has 0 radical (unpaired) electrons.